The van der Waals surface area contributed by atoms with E-state index < -0.39 is 15.6 Å². The SMILES string of the molecule is CN1C(=N)N[C@](C)(c2sc3c(Br)nccc3c2Cl)CS1(=O)=O. The number of thiophene rings is 1. The zero-order chi connectivity index (χ0) is 16.3. The van der Waals surface area contributed by atoms with Gasteiger partial charge in [0, 0.05) is 18.6 Å². The Morgan fingerprint density at radius 2 is 2.27 bits per heavy atom. The number of nitrogens with one attached hydrogen (secondary N) is 2. The normalized spacial score (nSPS) is 24.5. The minimum atomic E-state index is -3.56. The summed E-state index contributed by atoms with van der Waals surface area (Å²) in [7, 11) is -2.21. The summed E-state index contributed by atoms with van der Waals surface area (Å²) in [6.45, 7) is 1.74. The molecular weight excluding hydrogens is 412 g/mol. The highest BCUT2D eigenvalue weighted by Crippen LogP contribution is 2.44. The molecule has 3 rings (SSSR count). The lowest BCUT2D eigenvalue weighted by Gasteiger charge is -2.39. The van der Waals surface area contributed by atoms with Gasteiger partial charge in [-0.25, -0.2) is 17.7 Å². The molecule has 2 N–H and O–H groups in total. The average Bonchev–Trinajstić information content (AvgIpc) is 2.76. The van der Waals surface area contributed by atoms with E-state index in [2.05, 4.69) is 26.2 Å². The van der Waals surface area contributed by atoms with E-state index >= 15 is 0 Å². The molecule has 2 aromatic rings. The standard InChI is InChI=1S/C12H12BrClN4O2S2/c1-12(5-22(19,20)18(2)11(15)17-12)9-7(14)6-3-4-16-10(13)8(6)21-9/h3-4H,5H2,1-2H3,(H2,15,17)/t12-/m0/s1. The summed E-state index contributed by atoms with van der Waals surface area (Å²) in [4.78, 5) is 4.84. The van der Waals surface area contributed by atoms with Gasteiger partial charge in [0.05, 0.1) is 25.9 Å². The van der Waals surface area contributed by atoms with Crippen molar-refractivity contribution in [2.75, 3.05) is 12.8 Å². The molecule has 0 bridgehead atoms. The summed E-state index contributed by atoms with van der Waals surface area (Å²) in [5, 5.41) is 12.1. The van der Waals surface area contributed by atoms with Crippen LogP contribution in [0.4, 0.5) is 0 Å². The van der Waals surface area contributed by atoms with Crippen LogP contribution < -0.4 is 5.32 Å². The number of rotatable bonds is 1. The van der Waals surface area contributed by atoms with E-state index in [1.54, 1.807) is 19.2 Å². The lowest BCUT2D eigenvalue weighted by atomic mass is 10.0. The number of hydrogen-bond donors (Lipinski definition) is 2. The number of nitrogens with zero attached hydrogens (tertiary/aromatic N) is 2. The van der Waals surface area contributed by atoms with Crippen molar-refractivity contribution in [3.8, 4) is 0 Å². The molecule has 1 saturated heterocycles. The van der Waals surface area contributed by atoms with Gasteiger partial charge in [0.2, 0.25) is 16.0 Å². The molecule has 22 heavy (non-hydrogen) atoms. The molecule has 1 aliphatic rings. The monoisotopic (exact) mass is 422 g/mol. The molecule has 1 atom stereocenters. The van der Waals surface area contributed by atoms with Crippen LogP contribution >= 0.6 is 38.9 Å². The third-order valence-electron chi connectivity index (χ3n) is 3.60. The molecule has 0 aliphatic carbocycles. The van der Waals surface area contributed by atoms with Gasteiger partial charge in [-0.15, -0.1) is 11.3 Å². The second-order valence-corrected chi connectivity index (χ2v) is 9.40. The van der Waals surface area contributed by atoms with Gasteiger partial charge in [-0.05, 0) is 28.9 Å². The van der Waals surface area contributed by atoms with Crippen LogP contribution in [0.2, 0.25) is 5.02 Å². The number of guanidine groups is 1. The predicted octanol–water partition coefficient (Wildman–Crippen LogP) is 2.73. The molecule has 6 nitrogen and oxygen atoms in total. The van der Waals surface area contributed by atoms with Crippen LogP contribution in [0.25, 0.3) is 10.1 Å². The lowest BCUT2D eigenvalue weighted by Crippen LogP contribution is -2.60. The second-order valence-electron chi connectivity index (χ2n) is 5.25. The molecule has 2 aromatic heterocycles. The number of halogens is 2. The van der Waals surface area contributed by atoms with E-state index in [1.807, 2.05) is 0 Å². The summed E-state index contributed by atoms with van der Waals surface area (Å²) >= 11 is 11.2. The van der Waals surface area contributed by atoms with Crippen molar-refractivity contribution in [2.45, 2.75) is 12.5 Å². The first-order valence-corrected chi connectivity index (χ1v) is 9.82. The number of hydrogen-bond acceptors (Lipinski definition) is 5. The van der Waals surface area contributed by atoms with Gasteiger partial charge < -0.3 is 5.32 Å². The third-order valence-corrected chi connectivity index (χ3v) is 8.40. The Labute approximate surface area is 145 Å². The van der Waals surface area contributed by atoms with E-state index in [0.717, 1.165) is 14.4 Å². The van der Waals surface area contributed by atoms with E-state index in [4.69, 9.17) is 17.0 Å². The number of sulfonamides is 1. The summed E-state index contributed by atoms with van der Waals surface area (Å²) in [5.74, 6) is -0.337. The van der Waals surface area contributed by atoms with Crippen molar-refractivity contribution < 1.29 is 8.42 Å². The summed E-state index contributed by atoms with van der Waals surface area (Å²) < 4.78 is 27.0. The molecule has 0 unspecified atom stereocenters. The topological polar surface area (TPSA) is 86.2 Å². The fraction of sp³-hybridized carbons (Fsp3) is 0.333. The highest BCUT2D eigenvalue weighted by atomic mass is 79.9. The molecule has 118 valence electrons. The fourth-order valence-electron chi connectivity index (χ4n) is 2.42. The Balaban J connectivity index is 2.20. The molecule has 10 heteroatoms. The smallest absolute Gasteiger partial charge is 0.239 e. The third kappa shape index (κ3) is 2.31. The van der Waals surface area contributed by atoms with Gasteiger partial charge in [-0.2, -0.15) is 0 Å². The van der Waals surface area contributed by atoms with Gasteiger partial charge in [-0.3, -0.25) is 5.41 Å². The summed E-state index contributed by atoms with van der Waals surface area (Å²) in [6.07, 6.45) is 1.64. The Bertz CT molecular complexity index is 898. The highest BCUT2D eigenvalue weighted by molar-refractivity contribution is 9.10. The number of fused-ring (bicyclic) bond motifs is 1. The van der Waals surface area contributed by atoms with Crippen molar-refractivity contribution in [3.63, 3.8) is 0 Å². The first-order chi connectivity index (χ1) is 10.2. The van der Waals surface area contributed by atoms with Crippen LogP contribution in [-0.2, 0) is 15.6 Å². The zero-order valence-electron chi connectivity index (χ0n) is 11.6. The van der Waals surface area contributed by atoms with Crippen molar-refractivity contribution in [2.24, 2.45) is 0 Å². The van der Waals surface area contributed by atoms with Crippen LogP contribution in [0.1, 0.15) is 11.8 Å². The maximum Gasteiger partial charge on any atom is 0.239 e. The Morgan fingerprint density at radius 3 is 2.86 bits per heavy atom. The maximum atomic E-state index is 12.3. The average molecular weight is 424 g/mol. The van der Waals surface area contributed by atoms with Gasteiger partial charge in [0.15, 0.2) is 0 Å². The molecule has 0 amide bonds. The largest absolute Gasteiger partial charge is 0.344 e. The predicted molar refractivity (Wildman–Crippen MR) is 92.1 cm³/mol. The molecular formula is C12H12BrClN4O2S2. The quantitative estimate of drug-likeness (QED) is 0.691. The van der Waals surface area contributed by atoms with E-state index in [1.165, 1.54) is 18.4 Å². The van der Waals surface area contributed by atoms with Gasteiger partial charge in [0.25, 0.3) is 0 Å². The first-order valence-electron chi connectivity index (χ1n) is 6.22. The van der Waals surface area contributed by atoms with Crippen molar-refractivity contribution in [3.05, 3.63) is 26.8 Å². The van der Waals surface area contributed by atoms with Crippen molar-refractivity contribution >= 4 is 64.9 Å². The number of pyridine rings is 1. The molecule has 1 fully saturated rings. The Morgan fingerprint density at radius 1 is 1.59 bits per heavy atom. The Kier molecular flexibility index (Phi) is 3.67. The van der Waals surface area contributed by atoms with Crippen LogP contribution in [-0.4, -0.2) is 36.5 Å². The van der Waals surface area contributed by atoms with Gasteiger partial charge in [-0.1, -0.05) is 11.6 Å². The first kappa shape index (κ1) is 16.0. The van der Waals surface area contributed by atoms with E-state index in [0.29, 0.717) is 14.5 Å². The summed E-state index contributed by atoms with van der Waals surface area (Å²) in [6, 6.07) is 1.79. The fourth-order valence-corrected chi connectivity index (χ4v) is 6.25. The Hall–Kier alpha value is -0.900. The van der Waals surface area contributed by atoms with Gasteiger partial charge in [0.1, 0.15) is 4.60 Å². The molecule has 1 aliphatic heterocycles. The lowest BCUT2D eigenvalue weighted by molar-refractivity contribution is 0.424. The van der Waals surface area contributed by atoms with Crippen LogP contribution in [0.15, 0.2) is 16.9 Å². The zero-order valence-corrected chi connectivity index (χ0v) is 15.6. The molecule has 0 saturated carbocycles. The van der Waals surface area contributed by atoms with E-state index in [9.17, 15) is 8.42 Å². The van der Waals surface area contributed by atoms with Crippen LogP contribution in [0.5, 0.6) is 0 Å². The van der Waals surface area contributed by atoms with Gasteiger partial charge >= 0.3 is 0 Å². The minimum Gasteiger partial charge on any atom is -0.344 e. The maximum absolute atomic E-state index is 12.3. The molecule has 3 heterocycles. The van der Waals surface area contributed by atoms with Crippen molar-refractivity contribution in [1.29, 1.82) is 5.41 Å². The highest BCUT2D eigenvalue weighted by Gasteiger charge is 2.44. The number of aromatic nitrogens is 1. The second kappa shape index (κ2) is 5.05. The van der Waals surface area contributed by atoms with E-state index in [-0.39, 0.29) is 11.7 Å². The van der Waals surface area contributed by atoms with Crippen LogP contribution in [0, 0.1) is 5.41 Å². The van der Waals surface area contributed by atoms with Crippen LogP contribution in [0.3, 0.4) is 0 Å². The summed E-state index contributed by atoms with van der Waals surface area (Å²) in [5.41, 5.74) is -0.956. The molecule has 0 aromatic carbocycles. The van der Waals surface area contributed by atoms with Crippen molar-refractivity contribution in [1.82, 2.24) is 14.6 Å². The molecule has 0 spiro atoms. The minimum absolute atomic E-state index is 0.167. The molecule has 0 radical (unpaired) electrons.